The highest BCUT2D eigenvalue weighted by Crippen LogP contribution is 2.33. The van der Waals surface area contributed by atoms with E-state index >= 15 is 0 Å². The van der Waals surface area contributed by atoms with Gasteiger partial charge in [0.05, 0.1) is 30.0 Å². The SMILES string of the molecule is COc1cc(OC)c2sn(-c3ccccc3)c(=O)c2c1. The van der Waals surface area contributed by atoms with Crippen molar-refractivity contribution < 1.29 is 9.47 Å². The summed E-state index contributed by atoms with van der Waals surface area (Å²) in [5.74, 6) is 1.26. The van der Waals surface area contributed by atoms with Gasteiger partial charge in [-0.25, -0.2) is 3.96 Å². The lowest BCUT2D eigenvalue weighted by Crippen LogP contribution is -2.10. The number of rotatable bonds is 3. The molecule has 0 unspecified atom stereocenters. The molecule has 3 aromatic rings. The summed E-state index contributed by atoms with van der Waals surface area (Å²) in [7, 11) is 3.16. The Morgan fingerprint density at radius 2 is 1.80 bits per heavy atom. The Balaban J connectivity index is 2.32. The van der Waals surface area contributed by atoms with E-state index in [1.807, 2.05) is 30.3 Å². The van der Waals surface area contributed by atoms with Gasteiger partial charge in [-0.05, 0) is 29.7 Å². The first-order chi connectivity index (χ1) is 9.74. The first-order valence-electron chi connectivity index (χ1n) is 6.08. The van der Waals surface area contributed by atoms with Crippen LogP contribution in [0.25, 0.3) is 15.8 Å². The van der Waals surface area contributed by atoms with E-state index in [9.17, 15) is 4.79 Å². The molecule has 20 heavy (non-hydrogen) atoms. The third kappa shape index (κ3) is 1.96. The second kappa shape index (κ2) is 5.02. The van der Waals surface area contributed by atoms with Gasteiger partial charge < -0.3 is 9.47 Å². The molecule has 102 valence electrons. The van der Waals surface area contributed by atoms with E-state index in [0.29, 0.717) is 16.9 Å². The van der Waals surface area contributed by atoms with E-state index in [1.165, 1.54) is 11.5 Å². The molecule has 0 N–H and O–H groups in total. The van der Waals surface area contributed by atoms with Crippen LogP contribution in [-0.2, 0) is 0 Å². The molecule has 0 radical (unpaired) electrons. The molecule has 0 aliphatic heterocycles. The number of hydrogen-bond acceptors (Lipinski definition) is 4. The van der Waals surface area contributed by atoms with E-state index in [-0.39, 0.29) is 5.56 Å². The molecule has 1 heterocycles. The normalized spacial score (nSPS) is 10.7. The molecule has 2 aromatic carbocycles. The predicted octanol–water partition coefficient (Wildman–Crippen LogP) is 3.07. The summed E-state index contributed by atoms with van der Waals surface area (Å²) < 4.78 is 13.0. The van der Waals surface area contributed by atoms with Crippen LogP contribution in [0.15, 0.2) is 47.3 Å². The fourth-order valence-corrected chi connectivity index (χ4v) is 3.14. The predicted molar refractivity (Wildman–Crippen MR) is 80.5 cm³/mol. The van der Waals surface area contributed by atoms with Crippen molar-refractivity contribution in [3.63, 3.8) is 0 Å². The van der Waals surface area contributed by atoms with Crippen molar-refractivity contribution in [1.29, 1.82) is 0 Å². The lowest BCUT2D eigenvalue weighted by atomic mass is 10.2. The zero-order valence-corrected chi connectivity index (χ0v) is 11.9. The molecule has 3 rings (SSSR count). The molecular weight excluding hydrogens is 274 g/mol. The summed E-state index contributed by atoms with van der Waals surface area (Å²) in [5.41, 5.74) is 0.785. The van der Waals surface area contributed by atoms with Crippen LogP contribution in [0.1, 0.15) is 0 Å². The second-order valence-corrected chi connectivity index (χ2v) is 5.19. The van der Waals surface area contributed by atoms with Gasteiger partial charge in [0.2, 0.25) is 0 Å². The largest absolute Gasteiger partial charge is 0.497 e. The molecule has 0 aliphatic carbocycles. The maximum atomic E-state index is 12.5. The maximum Gasteiger partial charge on any atom is 0.273 e. The van der Waals surface area contributed by atoms with Gasteiger partial charge in [-0.15, -0.1) is 0 Å². The van der Waals surface area contributed by atoms with E-state index in [0.717, 1.165) is 10.4 Å². The first kappa shape index (κ1) is 12.7. The standard InChI is InChI=1S/C15H13NO3S/c1-18-11-8-12-14(13(9-11)19-2)20-16(15(12)17)10-6-4-3-5-7-10/h3-9H,1-2H3. The van der Waals surface area contributed by atoms with Gasteiger partial charge in [0.15, 0.2) is 0 Å². The smallest absolute Gasteiger partial charge is 0.273 e. The molecule has 0 saturated heterocycles. The Hall–Kier alpha value is -2.27. The second-order valence-electron chi connectivity index (χ2n) is 4.23. The van der Waals surface area contributed by atoms with Crippen molar-refractivity contribution in [3.8, 4) is 17.2 Å². The Morgan fingerprint density at radius 3 is 2.45 bits per heavy atom. The summed E-state index contributed by atoms with van der Waals surface area (Å²) in [6, 6.07) is 13.1. The van der Waals surface area contributed by atoms with Gasteiger partial charge >= 0.3 is 0 Å². The van der Waals surface area contributed by atoms with Crippen LogP contribution in [0.3, 0.4) is 0 Å². The van der Waals surface area contributed by atoms with E-state index in [4.69, 9.17) is 9.47 Å². The number of para-hydroxylation sites is 1. The topological polar surface area (TPSA) is 40.5 Å². The molecule has 5 heteroatoms. The zero-order valence-electron chi connectivity index (χ0n) is 11.1. The quantitative estimate of drug-likeness (QED) is 0.743. The molecular formula is C15H13NO3S. The monoisotopic (exact) mass is 287 g/mol. The highest BCUT2D eigenvalue weighted by molar-refractivity contribution is 7.14. The maximum absolute atomic E-state index is 12.5. The summed E-state index contributed by atoms with van der Waals surface area (Å²) in [5, 5.41) is 0.607. The number of benzene rings is 2. The number of aromatic nitrogens is 1. The van der Waals surface area contributed by atoms with Crippen molar-refractivity contribution in [2.45, 2.75) is 0 Å². The summed E-state index contributed by atoms with van der Waals surface area (Å²) in [6.07, 6.45) is 0. The van der Waals surface area contributed by atoms with E-state index in [2.05, 4.69) is 0 Å². The average molecular weight is 287 g/mol. The van der Waals surface area contributed by atoms with Gasteiger partial charge in [0.25, 0.3) is 5.56 Å². The highest BCUT2D eigenvalue weighted by atomic mass is 32.1. The zero-order chi connectivity index (χ0) is 14.1. The third-order valence-corrected chi connectivity index (χ3v) is 4.24. The molecule has 0 aliphatic rings. The van der Waals surface area contributed by atoms with Crippen LogP contribution < -0.4 is 15.0 Å². The van der Waals surface area contributed by atoms with Crippen molar-refractivity contribution in [3.05, 3.63) is 52.8 Å². The molecule has 1 aromatic heterocycles. The van der Waals surface area contributed by atoms with Crippen molar-refractivity contribution in [2.75, 3.05) is 14.2 Å². The van der Waals surface area contributed by atoms with E-state index in [1.54, 1.807) is 30.3 Å². The molecule has 0 fully saturated rings. The summed E-state index contributed by atoms with van der Waals surface area (Å²) in [6.45, 7) is 0. The van der Waals surface area contributed by atoms with E-state index < -0.39 is 0 Å². The molecule has 0 spiro atoms. The Morgan fingerprint density at radius 1 is 1.05 bits per heavy atom. The Labute approximate surface area is 119 Å². The van der Waals surface area contributed by atoms with Crippen LogP contribution in [0.4, 0.5) is 0 Å². The summed E-state index contributed by atoms with van der Waals surface area (Å²) in [4.78, 5) is 12.5. The Bertz CT molecular complexity index is 805. The van der Waals surface area contributed by atoms with Gasteiger partial charge in [0.1, 0.15) is 11.5 Å². The third-order valence-electron chi connectivity index (χ3n) is 3.07. The van der Waals surface area contributed by atoms with Crippen molar-refractivity contribution in [2.24, 2.45) is 0 Å². The molecule has 0 bridgehead atoms. The number of methoxy groups -OCH3 is 2. The minimum Gasteiger partial charge on any atom is -0.497 e. The molecule has 0 atom stereocenters. The number of ether oxygens (including phenoxy) is 2. The Kier molecular flexibility index (Phi) is 3.20. The highest BCUT2D eigenvalue weighted by Gasteiger charge is 2.14. The van der Waals surface area contributed by atoms with Crippen molar-refractivity contribution in [1.82, 2.24) is 3.96 Å². The van der Waals surface area contributed by atoms with Gasteiger partial charge in [-0.2, -0.15) is 0 Å². The number of hydrogen-bond donors (Lipinski definition) is 0. The van der Waals surface area contributed by atoms with Crippen molar-refractivity contribution >= 4 is 21.6 Å². The fourth-order valence-electron chi connectivity index (χ4n) is 2.07. The minimum atomic E-state index is -0.0617. The van der Waals surface area contributed by atoms with Gasteiger partial charge in [-0.1, -0.05) is 18.2 Å². The average Bonchev–Trinajstić information content (AvgIpc) is 2.84. The first-order valence-corrected chi connectivity index (χ1v) is 6.85. The van der Waals surface area contributed by atoms with Gasteiger partial charge in [-0.3, -0.25) is 4.79 Å². The van der Waals surface area contributed by atoms with Crippen LogP contribution in [0.2, 0.25) is 0 Å². The molecule has 4 nitrogen and oxygen atoms in total. The van der Waals surface area contributed by atoms with Gasteiger partial charge in [0, 0.05) is 6.07 Å². The number of fused-ring (bicyclic) bond motifs is 1. The lowest BCUT2D eigenvalue weighted by Gasteiger charge is -2.03. The fraction of sp³-hybridized carbons (Fsp3) is 0.133. The lowest BCUT2D eigenvalue weighted by molar-refractivity contribution is 0.398. The molecule has 0 saturated carbocycles. The molecule has 0 amide bonds. The minimum absolute atomic E-state index is 0.0617. The van der Waals surface area contributed by atoms with Crippen LogP contribution in [0.5, 0.6) is 11.5 Å². The summed E-state index contributed by atoms with van der Waals surface area (Å²) >= 11 is 1.37. The number of nitrogens with zero attached hydrogens (tertiary/aromatic N) is 1. The van der Waals surface area contributed by atoms with Crippen LogP contribution >= 0.6 is 11.5 Å². The van der Waals surface area contributed by atoms with Crippen LogP contribution in [0, 0.1) is 0 Å². The van der Waals surface area contributed by atoms with Crippen LogP contribution in [-0.4, -0.2) is 18.2 Å².